The third-order valence-corrected chi connectivity index (χ3v) is 3.82. The lowest BCUT2D eigenvalue weighted by molar-refractivity contribution is 0.0125. The summed E-state index contributed by atoms with van der Waals surface area (Å²) in [6, 6.07) is 0.554. The molecule has 4 atom stereocenters. The zero-order valence-electron chi connectivity index (χ0n) is 11.3. The van der Waals surface area contributed by atoms with Gasteiger partial charge in [0.25, 0.3) is 0 Å². The highest BCUT2D eigenvalue weighted by Crippen LogP contribution is 2.30. The standard InChI is InChI=1S/C13H27NO3/c1-10-4-5-13(11(10)2)14-8-12(15)9-17-7-6-16-3/h10-15H,4-9H2,1-3H3. The van der Waals surface area contributed by atoms with E-state index in [0.29, 0.717) is 38.3 Å². The van der Waals surface area contributed by atoms with Crippen molar-refractivity contribution in [3.63, 3.8) is 0 Å². The van der Waals surface area contributed by atoms with Gasteiger partial charge in [-0.25, -0.2) is 0 Å². The van der Waals surface area contributed by atoms with Crippen molar-refractivity contribution in [2.24, 2.45) is 11.8 Å². The van der Waals surface area contributed by atoms with Gasteiger partial charge in [-0.15, -0.1) is 0 Å². The van der Waals surface area contributed by atoms with Crippen LogP contribution in [-0.2, 0) is 9.47 Å². The summed E-state index contributed by atoms with van der Waals surface area (Å²) in [7, 11) is 1.64. The van der Waals surface area contributed by atoms with Gasteiger partial charge in [-0.1, -0.05) is 13.8 Å². The van der Waals surface area contributed by atoms with Gasteiger partial charge in [-0.2, -0.15) is 0 Å². The lowest BCUT2D eigenvalue weighted by Gasteiger charge is -2.21. The molecule has 0 aromatic carbocycles. The molecule has 1 saturated carbocycles. The van der Waals surface area contributed by atoms with Crippen LogP contribution >= 0.6 is 0 Å². The van der Waals surface area contributed by atoms with Gasteiger partial charge >= 0.3 is 0 Å². The van der Waals surface area contributed by atoms with Gasteiger partial charge < -0.3 is 19.9 Å². The minimum atomic E-state index is -0.421. The van der Waals surface area contributed by atoms with E-state index in [2.05, 4.69) is 19.2 Å². The van der Waals surface area contributed by atoms with Crippen molar-refractivity contribution in [1.29, 1.82) is 0 Å². The largest absolute Gasteiger partial charge is 0.389 e. The second kappa shape index (κ2) is 8.03. The first-order valence-electron chi connectivity index (χ1n) is 6.63. The van der Waals surface area contributed by atoms with Crippen LogP contribution in [0.2, 0.25) is 0 Å². The Labute approximate surface area is 105 Å². The molecule has 0 aromatic heterocycles. The van der Waals surface area contributed by atoms with Crippen LogP contribution in [0.4, 0.5) is 0 Å². The SMILES string of the molecule is COCCOCC(O)CNC1CCC(C)C1C. The Morgan fingerprint density at radius 1 is 1.29 bits per heavy atom. The number of hydrogen-bond donors (Lipinski definition) is 2. The van der Waals surface area contributed by atoms with E-state index in [9.17, 15) is 5.11 Å². The molecule has 1 aliphatic rings. The number of aliphatic hydroxyl groups excluding tert-OH is 1. The highest BCUT2D eigenvalue weighted by Gasteiger charge is 2.29. The topological polar surface area (TPSA) is 50.7 Å². The first-order valence-corrected chi connectivity index (χ1v) is 6.63. The third-order valence-electron chi connectivity index (χ3n) is 3.82. The summed E-state index contributed by atoms with van der Waals surface area (Å²) >= 11 is 0. The predicted molar refractivity (Wildman–Crippen MR) is 68.1 cm³/mol. The number of aliphatic hydroxyl groups is 1. The van der Waals surface area contributed by atoms with Gasteiger partial charge in [0.15, 0.2) is 0 Å². The van der Waals surface area contributed by atoms with Gasteiger partial charge in [0, 0.05) is 19.7 Å². The van der Waals surface area contributed by atoms with Crippen molar-refractivity contribution >= 4 is 0 Å². The lowest BCUT2D eigenvalue weighted by atomic mass is 9.98. The summed E-state index contributed by atoms with van der Waals surface area (Å²) in [5.74, 6) is 1.50. The number of hydrogen-bond acceptors (Lipinski definition) is 4. The molecule has 0 spiro atoms. The van der Waals surface area contributed by atoms with E-state index < -0.39 is 6.10 Å². The Bertz CT molecular complexity index is 201. The summed E-state index contributed by atoms with van der Waals surface area (Å²) < 4.78 is 10.2. The van der Waals surface area contributed by atoms with Crippen LogP contribution in [0.25, 0.3) is 0 Å². The van der Waals surface area contributed by atoms with Crippen LogP contribution in [0.1, 0.15) is 26.7 Å². The minimum absolute atomic E-state index is 0.382. The van der Waals surface area contributed by atoms with Crippen LogP contribution in [0, 0.1) is 11.8 Å². The molecule has 0 aromatic rings. The van der Waals surface area contributed by atoms with Gasteiger partial charge in [0.2, 0.25) is 0 Å². The predicted octanol–water partition coefficient (Wildman–Crippen LogP) is 1.03. The highest BCUT2D eigenvalue weighted by molar-refractivity contribution is 4.85. The molecule has 0 amide bonds. The van der Waals surface area contributed by atoms with E-state index in [1.807, 2.05) is 0 Å². The fraction of sp³-hybridized carbons (Fsp3) is 1.00. The number of methoxy groups -OCH3 is 1. The van der Waals surface area contributed by atoms with Gasteiger partial charge in [0.05, 0.1) is 25.9 Å². The molecule has 0 saturated heterocycles. The summed E-state index contributed by atoms with van der Waals surface area (Å²) in [5, 5.41) is 13.2. The van der Waals surface area contributed by atoms with Crippen LogP contribution in [0.15, 0.2) is 0 Å². The van der Waals surface area contributed by atoms with E-state index >= 15 is 0 Å². The highest BCUT2D eigenvalue weighted by atomic mass is 16.5. The molecule has 0 radical (unpaired) electrons. The minimum Gasteiger partial charge on any atom is -0.389 e. The normalized spacial score (nSPS) is 30.7. The molecule has 1 fully saturated rings. The Morgan fingerprint density at radius 3 is 2.65 bits per heavy atom. The van der Waals surface area contributed by atoms with E-state index in [-0.39, 0.29) is 0 Å². The smallest absolute Gasteiger partial charge is 0.0897 e. The second-order valence-electron chi connectivity index (χ2n) is 5.15. The fourth-order valence-corrected chi connectivity index (χ4v) is 2.36. The first kappa shape index (κ1) is 14.9. The zero-order chi connectivity index (χ0) is 12.7. The zero-order valence-corrected chi connectivity index (χ0v) is 11.3. The maximum atomic E-state index is 9.73. The second-order valence-corrected chi connectivity index (χ2v) is 5.15. The van der Waals surface area contributed by atoms with E-state index in [0.717, 1.165) is 5.92 Å². The van der Waals surface area contributed by atoms with Gasteiger partial charge in [-0.05, 0) is 24.7 Å². The van der Waals surface area contributed by atoms with E-state index in [1.54, 1.807) is 7.11 Å². The van der Waals surface area contributed by atoms with Crippen molar-refractivity contribution in [3.05, 3.63) is 0 Å². The van der Waals surface area contributed by atoms with Crippen molar-refractivity contribution < 1.29 is 14.6 Å². The Balaban J connectivity index is 2.05. The van der Waals surface area contributed by atoms with Crippen molar-refractivity contribution in [3.8, 4) is 0 Å². The van der Waals surface area contributed by atoms with Crippen LogP contribution in [0.3, 0.4) is 0 Å². The number of nitrogens with one attached hydrogen (secondary N) is 1. The van der Waals surface area contributed by atoms with E-state index in [1.165, 1.54) is 12.8 Å². The molecule has 1 aliphatic carbocycles. The molecule has 1 rings (SSSR count). The summed E-state index contributed by atoms with van der Waals surface area (Å²) in [6.45, 7) is 6.72. The van der Waals surface area contributed by atoms with Crippen LogP contribution in [-0.4, -0.2) is 50.7 Å². The molecule has 4 nitrogen and oxygen atoms in total. The lowest BCUT2D eigenvalue weighted by Crippen LogP contribution is -2.39. The quantitative estimate of drug-likeness (QED) is 0.627. The molecule has 0 bridgehead atoms. The monoisotopic (exact) mass is 245 g/mol. The molecule has 102 valence electrons. The molecule has 4 unspecified atom stereocenters. The maximum absolute atomic E-state index is 9.73. The Hall–Kier alpha value is -0.160. The van der Waals surface area contributed by atoms with E-state index in [4.69, 9.17) is 9.47 Å². The van der Waals surface area contributed by atoms with Crippen molar-refractivity contribution in [2.75, 3.05) is 33.5 Å². The Kier molecular flexibility index (Phi) is 7.04. The average molecular weight is 245 g/mol. The molecule has 17 heavy (non-hydrogen) atoms. The number of rotatable bonds is 8. The molecule has 0 aliphatic heterocycles. The summed E-state index contributed by atoms with van der Waals surface area (Å²) in [4.78, 5) is 0. The average Bonchev–Trinajstić information content (AvgIpc) is 2.63. The van der Waals surface area contributed by atoms with Crippen molar-refractivity contribution in [2.45, 2.75) is 38.8 Å². The van der Waals surface area contributed by atoms with Crippen molar-refractivity contribution in [1.82, 2.24) is 5.32 Å². The molecule has 0 heterocycles. The summed E-state index contributed by atoms with van der Waals surface area (Å²) in [6.07, 6.45) is 2.09. The molecular formula is C13H27NO3. The molecule has 2 N–H and O–H groups in total. The summed E-state index contributed by atoms with van der Waals surface area (Å²) in [5.41, 5.74) is 0. The first-order chi connectivity index (χ1) is 8.15. The molecular weight excluding hydrogens is 218 g/mol. The van der Waals surface area contributed by atoms with Gasteiger partial charge in [-0.3, -0.25) is 0 Å². The molecule has 4 heteroatoms. The number of ether oxygens (including phenoxy) is 2. The van der Waals surface area contributed by atoms with Crippen LogP contribution < -0.4 is 5.32 Å². The maximum Gasteiger partial charge on any atom is 0.0897 e. The van der Waals surface area contributed by atoms with Gasteiger partial charge in [0.1, 0.15) is 0 Å². The fourth-order valence-electron chi connectivity index (χ4n) is 2.36. The van der Waals surface area contributed by atoms with Crippen LogP contribution in [0.5, 0.6) is 0 Å². The third kappa shape index (κ3) is 5.34. The Morgan fingerprint density at radius 2 is 2.06 bits per heavy atom.